The SMILES string of the molecule is C=C(C)C(=O)NCCCNC(=O)c1ccc(C(=C\C=C2/N(Cc3ccccc3B(O)O)c3cc(S(=O)(=O)O)ccc3C2(C)C)/C=C/C2=[N+](Cc3ccccc3B(O)O)c3ccc(S(=O)(=O)O)cc3C2(C)C)nc1. The zero-order valence-electron chi connectivity index (χ0n) is 40.8. The first-order valence-corrected chi connectivity index (χ1v) is 26.0. The fourth-order valence-electron chi connectivity index (χ4n) is 9.19. The van der Waals surface area contributed by atoms with E-state index in [2.05, 4.69) is 17.2 Å². The van der Waals surface area contributed by atoms with E-state index in [-0.39, 0.29) is 51.8 Å². The Morgan fingerprint density at radius 3 is 1.99 bits per heavy atom. The number of pyridine rings is 1. The number of fused-ring (bicyclic) bond motifs is 2. The summed E-state index contributed by atoms with van der Waals surface area (Å²) in [7, 11) is -12.9. The van der Waals surface area contributed by atoms with E-state index in [1.54, 1.807) is 91.9 Å². The van der Waals surface area contributed by atoms with E-state index in [0.717, 1.165) is 0 Å². The average Bonchev–Trinajstić information content (AvgIpc) is 3.67. The van der Waals surface area contributed by atoms with Crippen molar-refractivity contribution in [1.82, 2.24) is 15.6 Å². The molecule has 0 atom stereocenters. The Bertz CT molecular complexity index is 3370. The lowest BCUT2D eigenvalue weighted by atomic mass is 9.77. The van der Waals surface area contributed by atoms with E-state index in [0.29, 0.717) is 74.8 Å². The lowest BCUT2D eigenvalue weighted by molar-refractivity contribution is -0.454. The van der Waals surface area contributed by atoms with Gasteiger partial charge in [0.2, 0.25) is 11.6 Å². The highest BCUT2D eigenvalue weighted by Gasteiger charge is 2.46. The summed E-state index contributed by atoms with van der Waals surface area (Å²) in [5, 5.41) is 47.0. The van der Waals surface area contributed by atoms with Crippen molar-refractivity contribution in [2.75, 3.05) is 18.0 Å². The number of rotatable bonds is 18. The van der Waals surface area contributed by atoms with Gasteiger partial charge in [-0.05, 0) is 97.8 Å². The zero-order chi connectivity index (χ0) is 53.2. The van der Waals surface area contributed by atoms with Gasteiger partial charge >= 0.3 is 14.2 Å². The van der Waals surface area contributed by atoms with Crippen molar-refractivity contribution >= 4 is 79.9 Å². The van der Waals surface area contributed by atoms with Crippen LogP contribution >= 0.6 is 0 Å². The topological polar surface area (TPSA) is 267 Å². The second-order valence-electron chi connectivity index (χ2n) is 18.8. The maximum Gasteiger partial charge on any atom is 0.488 e. The number of aromatic nitrogens is 1. The van der Waals surface area contributed by atoms with E-state index in [1.807, 2.05) is 49.3 Å². The molecule has 5 aromatic rings. The minimum Gasteiger partial charge on any atom is -0.423 e. The fraction of sp³-hybridized carbons (Fsp3) is 0.231. The Balaban J connectivity index is 1.38. The molecule has 73 heavy (non-hydrogen) atoms. The first-order valence-electron chi connectivity index (χ1n) is 23.1. The second kappa shape index (κ2) is 21.3. The van der Waals surface area contributed by atoms with Crippen molar-refractivity contribution in [2.24, 2.45) is 0 Å². The molecule has 0 spiro atoms. The van der Waals surface area contributed by atoms with Crippen LogP contribution in [0.25, 0.3) is 5.57 Å². The van der Waals surface area contributed by atoms with Crippen LogP contribution in [0.3, 0.4) is 0 Å². The van der Waals surface area contributed by atoms with Crippen LogP contribution in [-0.2, 0) is 49.0 Å². The maximum absolute atomic E-state index is 13.3. The minimum absolute atomic E-state index is 0.0429. The fourth-order valence-corrected chi connectivity index (χ4v) is 10.2. The lowest BCUT2D eigenvalue weighted by Gasteiger charge is -2.28. The van der Waals surface area contributed by atoms with Crippen molar-refractivity contribution in [2.45, 2.75) is 74.7 Å². The van der Waals surface area contributed by atoms with Gasteiger partial charge in [0.25, 0.3) is 26.1 Å². The standard InChI is InChI=1S/C52H55B2N5O12S2/c1-33(2)49(60)55-26-11-27-56-50(61)35-16-22-44(57-30-35)34(17-24-47-51(3,4)40-21-19-39(73(69,70)71)29-46(40)59(47)32-37-13-8-10-15-43(37)54(64)65)18-25-48-52(5,6)41-28-38(72(66,67)68)20-23-45(41)58(48)31-36-12-7-9-14-42(36)53(62)63/h7-10,12-25,28-30,62-65H,1,11,26-27,31-32H2,2-6H3,(H3-,55,56,60,61,66,67,68,69,70,71)/p+1. The zero-order valence-corrected chi connectivity index (χ0v) is 42.4. The van der Waals surface area contributed by atoms with E-state index in [1.165, 1.54) is 30.5 Å². The summed E-state index contributed by atoms with van der Waals surface area (Å²) in [6.45, 7) is 13.6. The van der Waals surface area contributed by atoms with Crippen LogP contribution in [-0.4, -0.2) is 100 Å². The summed E-state index contributed by atoms with van der Waals surface area (Å²) < 4.78 is 72.0. The molecule has 0 bridgehead atoms. The van der Waals surface area contributed by atoms with Gasteiger partial charge in [-0.25, -0.2) is 0 Å². The third-order valence-corrected chi connectivity index (χ3v) is 14.8. The predicted octanol–water partition coefficient (Wildman–Crippen LogP) is 3.84. The lowest BCUT2D eigenvalue weighted by Crippen LogP contribution is -2.36. The van der Waals surface area contributed by atoms with Gasteiger partial charge in [-0.2, -0.15) is 21.4 Å². The quantitative estimate of drug-likeness (QED) is 0.0155. The summed E-state index contributed by atoms with van der Waals surface area (Å²) in [6.07, 6.45) is 9.11. The van der Waals surface area contributed by atoms with Gasteiger partial charge in [-0.15, -0.1) is 0 Å². The smallest absolute Gasteiger partial charge is 0.423 e. The number of benzene rings is 4. The van der Waals surface area contributed by atoms with Crippen molar-refractivity contribution in [1.29, 1.82) is 0 Å². The van der Waals surface area contributed by atoms with Crippen LogP contribution in [0.4, 0.5) is 11.4 Å². The van der Waals surface area contributed by atoms with Crippen LogP contribution in [0, 0.1) is 0 Å². The van der Waals surface area contributed by atoms with Crippen LogP contribution in [0.2, 0.25) is 0 Å². The Morgan fingerprint density at radius 2 is 1.37 bits per heavy atom. The molecule has 4 aromatic carbocycles. The van der Waals surface area contributed by atoms with E-state index in [4.69, 9.17) is 4.98 Å². The summed E-state index contributed by atoms with van der Waals surface area (Å²) in [5.74, 6) is -0.682. The Labute approximate surface area is 425 Å². The van der Waals surface area contributed by atoms with Crippen molar-refractivity contribution in [3.63, 3.8) is 0 Å². The third kappa shape index (κ3) is 11.7. The van der Waals surface area contributed by atoms with E-state index < -0.39 is 51.2 Å². The highest BCUT2D eigenvalue weighted by molar-refractivity contribution is 7.86. The van der Waals surface area contributed by atoms with Gasteiger partial charge in [0.15, 0.2) is 12.3 Å². The van der Waals surface area contributed by atoms with Crippen molar-refractivity contribution < 1.29 is 60.2 Å². The molecule has 0 saturated heterocycles. The van der Waals surface area contributed by atoms with Gasteiger partial charge in [-0.3, -0.25) is 23.7 Å². The number of allylic oxidation sites excluding steroid dienone is 6. The van der Waals surface area contributed by atoms with Gasteiger partial charge in [-0.1, -0.05) is 81.1 Å². The molecule has 17 nitrogen and oxygen atoms in total. The van der Waals surface area contributed by atoms with Crippen LogP contribution in [0.15, 0.2) is 155 Å². The van der Waals surface area contributed by atoms with E-state index in [9.17, 15) is 55.6 Å². The van der Waals surface area contributed by atoms with Gasteiger partial charge < -0.3 is 35.6 Å². The second-order valence-corrected chi connectivity index (χ2v) is 21.7. The molecule has 0 aliphatic carbocycles. The molecular formula is C52H56B2N5O12S2+. The Kier molecular flexibility index (Phi) is 15.8. The molecule has 2 aliphatic heterocycles. The van der Waals surface area contributed by atoms with Crippen molar-refractivity contribution in [3.05, 3.63) is 179 Å². The number of hydrogen-bond donors (Lipinski definition) is 8. The summed E-state index contributed by atoms with van der Waals surface area (Å²) in [5.41, 5.74) is 4.89. The number of hydrogen-bond acceptors (Lipinski definition) is 12. The normalized spacial score (nSPS) is 15.6. The molecule has 0 radical (unpaired) electrons. The molecule has 0 unspecified atom stereocenters. The number of carbonyl (C=O) groups excluding carboxylic acids is 2. The molecule has 3 heterocycles. The molecule has 378 valence electrons. The summed E-state index contributed by atoms with van der Waals surface area (Å²) in [4.78, 5) is 31.1. The van der Waals surface area contributed by atoms with Crippen LogP contribution < -0.4 is 26.5 Å². The minimum atomic E-state index is -4.64. The monoisotopic (exact) mass is 1030 g/mol. The molecule has 1 aromatic heterocycles. The molecule has 0 saturated carbocycles. The summed E-state index contributed by atoms with van der Waals surface area (Å²) in [6, 6.07) is 25.3. The molecule has 8 N–H and O–H groups in total. The molecule has 2 aliphatic rings. The highest BCUT2D eigenvalue weighted by Crippen LogP contribution is 2.49. The van der Waals surface area contributed by atoms with E-state index >= 15 is 0 Å². The van der Waals surface area contributed by atoms with Crippen LogP contribution in [0.1, 0.15) is 79.3 Å². The van der Waals surface area contributed by atoms with Gasteiger partial charge in [0, 0.05) is 77.0 Å². The first-order chi connectivity index (χ1) is 34.3. The third-order valence-electron chi connectivity index (χ3n) is 13.1. The molecule has 7 rings (SSSR count). The highest BCUT2D eigenvalue weighted by atomic mass is 32.2. The maximum atomic E-state index is 13.3. The number of nitrogens with one attached hydrogen (secondary N) is 2. The molecule has 21 heteroatoms. The number of carbonyl (C=O) groups is 2. The van der Waals surface area contributed by atoms with Gasteiger partial charge in [0.05, 0.1) is 26.5 Å². The molecule has 0 fully saturated rings. The number of amides is 2. The Hall–Kier alpha value is -6.81. The predicted molar refractivity (Wildman–Crippen MR) is 280 cm³/mol. The number of anilines is 1. The number of nitrogens with zero attached hydrogens (tertiary/aromatic N) is 3. The van der Waals surface area contributed by atoms with Gasteiger partial charge in [0.1, 0.15) is 0 Å². The Morgan fingerprint density at radius 1 is 0.767 bits per heavy atom. The first kappa shape index (κ1) is 54.0. The van der Waals surface area contributed by atoms with Crippen LogP contribution in [0.5, 0.6) is 0 Å². The average molecular weight is 1030 g/mol. The van der Waals surface area contributed by atoms with Crippen molar-refractivity contribution in [3.8, 4) is 0 Å². The largest absolute Gasteiger partial charge is 0.488 e. The summed E-state index contributed by atoms with van der Waals surface area (Å²) >= 11 is 0. The molecular weight excluding hydrogens is 972 g/mol. The molecule has 2 amide bonds.